The minimum Gasteiger partial charge on any atom is -0.495 e. The van der Waals surface area contributed by atoms with Gasteiger partial charge in [-0.25, -0.2) is 0 Å². The van der Waals surface area contributed by atoms with Gasteiger partial charge in [0.15, 0.2) is 0 Å². The highest BCUT2D eigenvalue weighted by atomic mass is 35.5. The van der Waals surface area contributed by atoms with Crippen LogP contribution in [0.5, 0.6) is 5.75 Å². The number of nitrogens with one attached hydrogen (secondary N) is 2. The van der Waals surface area contributed by atoms with Gasteiger partial charge < -0.3 is 15.4 Å². The fourth-order valence-corrected chi connectivity index (χ4v) is 4.37. The number of methoxy groups -OCH3 is 1. The molecule has 0 fully saturated rings. The number of carbonyl (C=O) groups is 1. The second-order valence-electron chi connectivity index (χ2n) is 5.73. The van der Waals surface area contributed by atoms with Crippen LogP contribution in [0.25, 0.3) is 0 Å². The van der Waals surface area contributed by atoms with E-state index in [0.717, 1.165) is 35.5 Å². The molecule has 2 heterocycles. The Labute approximate surface area is 155 Å². The molecule has 0 spiro atoms. The lowest BCUT2D eigenvalue weighted by Gasteiger charge is -2.11. The van der Waals surface area contributed by atoms with Gasteiger partial charge in [-0.3, -0.25) is 4.79 Å². The van der Waals surface area contributed by atoms with E-state index in [1.807, 2.05) is 12.1 Å². The third-order valence-corrected chi connectivity index (χ3v) is 5.75. The molecule has 2 N–H and O–H groups in total. The topological polar surface area (TPSA) is 74.1 Å². The summed E-state index contributed by atoms with van der Waals surface area (Å²) in [5.74, 6) is 0.478. The van der Waals surface area contributed by atoms with Gasteiger partial charge in [0.05, 0.1) is 17.7 Å². The number of rotatable bonds is 5. The van der Waals surface area contributed by atoms with Crippen molar-refractivity contribution < 1.29 is 9.53 Å². The Morgan fingerprint density at radius 1 is 1.52 bits per heavy atom. The summed E-state index contributed by atoms with van der Waals surface area (Å²) in [4.78, 5) is 13.5. The Bertz CT molecular complexity index is 842. The van der Waals surface area contributed by atoms with Crippen LogP contribution in [0.3, 0.4) is 0 Å². The average molecular weight is 376 g/mol. The van der Waals surface area contributed by atoms with E-state index in [1.165, 1.54) is 11.3 Å². The van der Waals surface area contributed by atoms with Gasteiger partial charge in [0, 0.05) is 17.8 Å². The molecule has 1 aromatic carbocycles. The molecule has 0 saturated carbocycles. The SMILES string of the molecule is COc1cccc(CCC(=O)Nc2sc3c(c2C#N)CCNC3)c1Cl. The largest absolute Gasteiger partial charge is 0.495 e. The first-order chi connectivity index (χ1) is 12.1. The maximum atomic E-state index is 12.3. The maximum absolute atomic E-state index is 12.3. The normalized spacial score (nSPS) is 13.0. The van der Waals surface area contributed by atoms with Crippen molar-refractivity contribution in [2.75, 3.05) is 19.0 Å². The van der Waals surface area contributed by atoms with Gasteiger partial charge in [-0.05, 0) is 36.6 Å². The summed E-state index contributed by atoms with van der Waals surface area (Å²) in [5.41, 5.74) is 2.54. The first-order valence-electron chi connectivity index (χ1n) is 8.00. The van der Waals surface area contributed by atoms with Gasteiger partial charge in [0.1, 0.15) is 16.8 Å². The zero-order valence-corrected chi connectivity index (χ0v) is 15.4. The molecular formula is C18H18ClN3O2S. The molecule has 0 bridgehead atoms. The maximum Gasteiger partial charge on any atom is 0.225 e. The summed E-state index contributed by atoms with van der Waals surface area (Å²) in [6, 6.07) is 7.76. The van der Waals surface area contributed by atoms with E-state index in [-0.39, 0.29) is 5.91 Å². The zero-order chi connectivity index (χ0) is 17.8. The number of hydrogen-bond donors (Lipinski definition) is 2. The molecule has 130 valence electrons. The van der Waals surface area contributed by atoms with Crippen molar-refractivity contribution in [2.24, 2.45) is 0 Å². The van der Waals surface area contributed by atoms with Crippen LogP contribution < -0.4 is 15.4 Å². The highest BCUT2D eigenvalue weighted by Gasteiger charge is 2.21. The minimum atomic E-state index is -0.123. The van der Waals surface area contributed by atoms with Gasteiger partial charge in [-0.1, -0.05) is 23.7 Å². The zero-order valence-electron chi connectivity index (χ0n) is 13.8. The van der Waals surface area contributed by atoms with Crippen LogP contribution in [0.2, 0.25) is 5.02 Å². The smallest absolute Gasteiger partial charge is 0.225 e. The van der Waals surface area contributed by atoms with Crippen molar-refractivity contribution >= 4 is 33.8 Å². The number of hydrogen-bond acceptors (Lipinski definition) is 5. The number of anilines is 1. The lowest BCUT2D eigenvalue weighted by molar-refractivity contribution is -0.116. The van der Waals surface area contributed by atoms with Gasteiger partial charge in [-0.15, -0.1) is 11.3 Å². The molecular weight excluding hydrogens is 358 g/mol. The number of aryl methyl sites for hydroxylation is 1. The van der Waals surface area contributed by atoms with Gasteiger partial charge in [0.25, 0.3) is 0 Å². The number of thiophene rings is 1. The fourth-order valence-electron chi connectivity index (χ4n) is 2.89. The third kappa shape index (κ3) is 3.79. The summed E-state index contributed by atoms with van der Waals surface area (Å²) in [6.07, 6.45) is 1.62. The molecule has 0 aliphatic carbocycles. The summed E-state index contributed by atoms with van der Waals surface area (Å²) in [6.45, 7) is 1.62. The number of amides is 1. The molecule has 2 aromatic rings. The van der Waals surface area contributed by atoms with E-state index in [0.29, 0.717) is 34.2 Å². The minimum absolute atomic E-state index is 0.123. The van der Waals surface area contributed by atoms with Crippen molar-refractivity contribution in [1.29, 1.82) is 5.26 Å². The number of nitrogens with zero attached hydrogens (tertiary/aromatic N) is 1. The number of fused-ring (bicyclic) bond motifs is 1. The first kappa shape index (κ1) is 17.7. The van der Waals surface area contributed by atoms with E-state index < -0.39 is 0 Å². The summed E-state index contributed by atoms with van der Waals surface area (Å²) >= 11 is 7.75. The van der Waals surface area contributed by atoms with Gasteiger partial charge in [0.2, 0.25) is 5.91 Å². The predicted molar refractivity (Wildman–Crippen MR) is 99.4 cm³/mol. The summed E-state index contributed by atoms with van der Waals surface area (Å²) in [7, 11) is 1.56. The molecule has 1 amide bonds. The number of nitriles is 1. The Kier molecular flexibility index (Phi) is 5.59. The van der Waals surface area contributed by atoms with Crippen molar-refractivity contribution in [3.05, 3.63) is 44.8 Å². The fraction of sp³-hybridized carbons (Fsp3) is 0.333. The van der Waals surface area contributed by atoms with Crippen molar-refractivity contribution in [3.8, 4) is 11.8 Å². The molecule has 1 aromatic heterocycles. The Balaban J connectivity index is 1.68. The molecule has 0 atom stereocenters. The van der Waals surface area contributed by atoms with Crippen LogP contribution >= 0.6 is 22.9 Å². The lowest BCUT2D eigenvalue weighted by atomic mass is 10.0. The van der Waals surface area contributed by atoms with E-state index >= 15 is 0 Å². The van der Waals surface area contributed by atoms with Crippen LogP contribution in [-0.4, -0.2) is 19.6 Å². The lowest BCUT2D eigenvalue weighted by Crippen LogP contribution is -2.22. The number of carbonyl (C=O) groups excluding carboxylic acids is 1. The number of halogens is 1. The van der Waals surface area contributed by atoms with Crippen LogP contribution in [0, 0.1) is 11.3 Å². The quantitative estimate of drug-likeness (QED) is 0.838. The Morgan fingerprint density at radius 2 is 2.36 bits per heavy atom. The first-order valence-corrected chi connectivity index (χ1v) is 9.20. The van der Waals surface area contributed by atoms with Gasteiger partial charge in [-0.2, -0.15) is 5.26 Å². The van der Waals surface area contributed by atoms with Crippen LogP contribution in [0.15, 0.2) is 18.2 Å². The predicted octanol–water partition coefficient (Wildman–Crippen LogP) is 3.50. The van der Waals surface area contributed by atoms with Crippen molar-refractivity contribution in [1.82, 2.24) is 5.32 Å². The third-order valence-electron chi connectivity index (χ3n) is 4.18. The summed E-state index contributed by atoms with van der Waals surface area (Å²) in [5, 5.41) is 16.8. The molecule has 7 heteroatoms. The Morgan fingerprint density at radius 3 is 3.12 bits per heavy atom. The van der Waals surface area contributed by atoms with E-state index in [9.17, 15) is 10.1 Å². The number of benzene rings is 1. The molecule has 0 saturated heterocycles. The average Bonchev–Trinajstić information content (AvgIpc) is 2.97. The molecule has 3 rings (SSSR count). The highest BCUT2D eigenvalue weighted by Crippen LogP contribution is 2.35. The van der Waals surface area contributed by atoms with Crippen molar-refractivity contribution in [2.45, 2.75) is 25.8 Å². The monoisotopic (exact) mass is 375 g/mol. The molecule has 1 aliphatic rings. The molecule has 0 radical (unpaired) electrons. The highest BCUT2D eigenvalue weighted by molar-refractivity contribution is 7.16. The molecule has 25 heavy (non-hydrogen) atoms. The van der Waals surface area contributed by atoms with Crippen molar-refractivity contribution in [3.63, 3.8) is 0 Å². The van der Waals surface area contributed by atoms with E-state index in [4.69, 9.17) is 16.3 Å². The second kappa shape index (κ2) is 7.87. The van der Waals surface area contributed by atoms with Crippen LogP contribution in [0.1, 0.15) is 28.0 Å². The van der Waals surface area contributed by atoms with E-state index in [2.05, 4.69) is 16.7 Å². The van der Waals surface area contributed by atoms with Gasteiger partial charge >= 0.3 is 0 Å². The summed E-state index contributed by atoms with van der Waals surface area (Å²) < 4.78 is 5.19. The second-order valence-corrected chi connectivity index (χ2v) is 7.21. The van der Waals surface area contributed by atoms with Crippen LogP contribution in [0.4, 0.5) is 5.00 Å². The Hall–Kier alpha value is -2.07. The molecule has 1 aliphatic heterocycles. The standard InChI is InChI=1S/C18H18ClN3O2S/c1-24-14-4-2-3-11(17(14)19)5-6-16(23)22-18-13(9-20)12-7-8-21-10-15(12)25-18/h2-4,21H,5-8,10H2,1H3,(H,22,23). The molecule has 5 nitrogen and oxygen atoms in total. The number of ether oxygens (including phenoxy) is 1. The van der Waals surface area contributed by atoms with Crippen LogP contribution in [-0.2, 0) is 24.2 Å². The van der Waals surface area contributed by atoms with E-state index in [1.54, 1.807) is 13.2 Å². The molecule has 0 unspecified atom stereocenters.